The summed E-state index contributed by atoms with van der Waals surface area (Å²) in [6, 6.07) is 16.7. The number of hydrogen-bond donors (Lipinski definition) is 4. The molecule has 212 valence electrons. The SMILES string of the molecule is CC(Nc1ccc(-c2ccoc2C(=O)NNC(=O)c2ccc(O)c([N+](=O)[O-])c2)cc1)c1ccc(OC(F)(F)F)cc1. The van der Waals surface area contributed by atoms with Gasteiger partial charge < -0.3 is 19.6 Å². The smallest absolute Gasteiger partial charge is 0.502 e. The number of nitro benzene ring substituents is 1. The third-order valence-electron chi connectivity index (χ3n) is 5.79. The number of amides is 2. The second kappa shape index (κ2) is 11.7. The van der Waals surface area contributed by atoms with Crippen molar-refractivity contribution in [1.29, 1.82) is 0 Å². The van der Waals surface area contributed by atoms with Crippen molar-refractivity contribution in [1.82, 2.24) is 10.9 Å². The number of phenolic OH excluding ortho intramolecular Hbond substituents is 1. The Morgan fingerprint density at radius 3 is 2.27 bits per heavy atom. The number of hydrazine groups is 1. The van der Waals surface area contributed by atoms with E-state index in [1.807, 2.05) is 6.92 Å². The van der Waals surface area contributed by atoms with Crippen LogP contribution in [0.4, 0.5) is 24.5 Å². The number of phenols is 1. The highest BCUT2D eigenvalue weighted by Gasteiger charge is 2.31. The summed E-state index contributed by atoms with van der Waals surface area (Å²) >= 11 is 0. The summed E-state index contributed by atoms with van der Waals surface area (Å²) in [6.07, 6.45) is -3.48. The summed E-state index contributed by atoms with van der Waals surface area (Å²) < 4.78 is 46.3. The van der Waals surface area contributed by atoms with Crippen LogP contribution in [-0.2, 0) is 0 Å². The first kappa shape index (κ1) is 28.5. The van der Waals surface area contributed by atoms with Crippen LogP contribution in [-0.4, -0.2) is 28.2 Å². The van der Waals surface area contributed by atoms with Gasteiger partial charge in [0.1, 0.15) is 5.75 Å². The Kier molecular flexibility index (Phi) is 8.12. The van der Waals surface area contributed by atoms with Gasteiger partial charge in [-0.15, -0.1) is 13.2 Å². The second-order valence-corrected chi connectivity index (χ2v) is 8.59. The molecule has 0 spiro atoms. The van der Waals surface area contributed by atoms with Crippen LogP contribution in [0, 0.1) is 10.1 Å². The number of hydrogen-bond acceptors (Lipinski definition) is 8. The first-order valence-electron chi connectivity index (χ1n) is 11.8. The van der Waals surface area contributed by atoms with Crippen molar-refractivity contribution < 1.29 is 41.9 Å². The van der Waals surface area contributed by atoms with Crippen molar-refractivity contribution in [2.45, 2.75) is 19.3 Å². The first-order valence-corrected chi connectivity index (χ1v) is 11.8. The molecule has 1 aromatic heterocycles. The molecule has 4 N–H and O–H groups in total. The fraction of sp³-hybridized carbons (Fsp3) is 0.111. The van der Waals surface area contributed by atoms with Crippen LogP contribution >= 0.6 is 0 Å². The summed E-state index contributed by atoms with van der Waals surface area (Å²) in [5, 5.41) is 23.7. The number of nitrogens with one attached hydrogen (secondary N) is 3. The highest BCUT2D eigenvalue weighted by atomic mass is 19.4. The quantitative estimate of drug-likeness (QED) is 0.155. The van der Waals surface area contributed by atoms with Crippen molar-refractivity contribution >= 4 is 23.2 Å². The number of nitrogens with zero attached hydrogens (tertiary/aromatic N) is 1. The van der Waals surface area contributed by atoms with E-state index >= 15 is 0 Å². The van der Waals surface area contributed by atoms with E-state index < -0.39 is 34.5 Å². The fourth-order valence-corrected chi connectivity index (χ4v) is 3.80. The number of ether oxygens (including phenoxy) is 1. The maximum absolute atomic E-state index is 12.7. The molecule has 1 unspecified atom stereocenters. The average Bonchev–Trinajstić information content (AvgIpc) is 3.42. The molecule has 1 heterocycles. The van der Waals surface area contributed by atoms with Gasteiger partial charge in [-0.25, -0.2) is 0 Å². The van der Waals surface area contributed by atoms with Gasteiger partial charge in [0.15, 0.2) is 5.75 Å². The molecular formula is C27H21F3N4O7. The molecule has 41 heavy (non-hydrogen) atoms. The van der Waals surface area contributed by atoms with E-state index in [0.29, 0.717) is 16.8 Å². The fourth-order valence-electron chi connectivity index (χ4n) is 3.80. The average molecular weight is 570 g/mol. The maximum atomic E-state index is 12.7. The molecule has 1 atom stereocenters. The molecule has 14 heteroatoms. The van der Waals surface area contributed by atoms with E-state index in [1.165, 1.54) is 30.5 Å². The van der Waals surface area contributed by atoms with Crippen LogP contribution in [0.5, 0.6) is 11.5 Å². The minimum Gasteiger partial charge on any atom is -0.502 e. The largest absolute Gasteiger partial charge is 0.573 e. The Morgan fingerprint density at radius 2 is 1.63 bits per heavy atom. The molecule has 0 aliphatic rings. The summed E-state index contributed by atoms with van der Waals surface area (Å²) in [5.41, 5.74) is 5.92. The summed E-state index contributed by atoms with van der Waals surface area (Å²) in [5.74, 6) is -2.69. The van der Waals surface area contributed by atoms with Crippen LogP contribution in [0.25, 0.3) is 11.1 Å². The molecule has 3 aromatic carbocycles. The number of aromatic hydroxyl groups is 1. The lowest BCUT2D eigenvalue weighted by Gasteiger charge is -2.17. The van der Waals surface area contributed by atoms with Crippen molar-refractivity contribution in [3.8, 4) is 22.6 Å². The Hall–Kier alpha value is -5.53. The van der Waals surface area contributed by atoms with Gasteiger partial charge in [0.05, 0.1) is 11.2 Å². The Balaban J connectivity index is 1.38. The highest BCUT2D eigenvalue weighted by molar-refractivity contribution is 6.01. The number of alkyl halides is 3. The Morgan fingerprint density at radius 1 is 0.976 bits per heavy atom. The summed E-state index contributed by atoms with van der Waals surface area (Å²) in [7, 11) is 0. The van der Waals surface area contributed by atoms with Crippen molar-refractivity contribution in [3.63, 3.8) is 0 Å². The predicted octanol–water partition coefficient (Wildman–Crippen LogP) is 5.71. The highest BCUT2D eigenvalue weighted by Crippen LogP contribution is 2.29. The number of benzene rings is 3. The van der Waals surface area contributed by atoms with Gasteiger partial charge in [0.2, 0.25) is 5.76 Å². The third kappa shape index (κ3) is 7.11. The van der Waals surface area contributed by atoms with Crippen molar-refractivity contribution in [2.24, 2.45) is 0 Å². The monoisotopic (exact) mass is 570 g/mol. The number of carbonyl (C=O) groups is 2. The number of nitro groups is 1. The molecule has 0 aliphatic carbocycles. The molecule has 0 fully saturated rings. The number of rotatable bonds is 8. The van der Waals surface area contributed by atoms with Crippen LogP contribution in [0.1, 0.15) is 39.4 Å². The lowest BCUT2D eigenvalue weighted by atomic mass is 10.0. The number of furan rings is 1. The minimum absolute atomic E-state index is 0.114. The van der Waals surface area contributed by atoms with Gasteiger partial charge in [-0.05, 0) is 60.5 Å². The second-order valence-electron chi connectivity index (χ2n) is 8.59. The van der Waals surface area contributed by atoms with Gasteiger partial charge in [0.25, 0.3) is 5.91 Å². The third-order valence-corrected chi connectivity index (χ3v) is 5.79. The topological polar surface area (TPSA) is 156 Å². The van der Waals surface area contributed by atoms with Gasteiger partial charge in [-0.2, -0.15) is 0 Å². The summed E-state index contributed by atoms with van der Waals surface area (Å²) in [6.45, 7) is 1.83. The van der Waals surface area contributed by atoms with E-state index in [2.05, 4.69) is 20.9 Å². The van der Waals surface area contributed by atoms with Crippen LogP contribution in [0.3, 0.4) is 0 Å². The van der Waals surface area contributed by atoms with Gasteiger partial charge in [-0.3, -0.25) is 30.6 Å². The zero-order valence-electron chi connectivity index (χ0n) is 21.1. The number of carbonyl (C=O) groups excluding carboxylic acids is 2. The van der Waals surface area contributed by atoms with Gasteiger partial charge in [-0.1, -0.05) is 24.3 Å². The normalized spacial score (nSPS) is 11.8. The van der Waals surface area contributed by atoms with E-state index in [1.54, 1.807) is 30.3 Å². The van der Waals surface area contributed by atoms with Gasteiger partial charge in [0, 0.05) is 28.9 Å². The Bertz CT molecular complexity index is 1570. The first-order chi connectivity index (χ1) is 19.4. The van der Waals surface area contributed by atoms with Crippen LogP contribution < -0.4 is 20.9 Å². The summed E-state index contributed by atoms with van der Waals surface area (Å²) in [4.78, 5) is 35.1. The molecule has 0 saturated heterocycles. The molecular weight excluding hydrogens is 549 g/mol. The van der Waals surface area contributed by atoms with E-state index in [-0.39, 0.29) is 23.1 Å². The lowest BCUT2D eigenvalue weighted by Crippen LogP contribution is -2.41. The predicted molar refractivity (Wildman–Crippen MR) is 139 cm³/mol. The maximum Gasteiger partial charge on any atom is 0.573 e. The van der Waals surface area contributed by atoms with Crippen LogP contribution in [0.2, 0.25) is 0 Å². The van der Waals surface area contributed by atoms with Gasteiger partial charge >= 0.3 is 18.0 Å². The number of halogens is 3. The van der Waals surface area contributed by atoms with Crippen LogP contribution in [0.15, 0.2) is 83.5 Å². The van der Waals surface area contributed by atoms with E-state index in [0.717, 1.165) is 23.8 Å². The lowest BCUT2D eigenvalue weighted by molar-refractivity contribution is -0.385. The molecule has 0 aliphatic heterocycles. The minimum atomic E-state index is -4.77. The molecule has 2 amide bonds. The zero-order valence-corrected chi connectivity index (χ0v) is 21.1. The van der Waals surface area contributed by atoms with E-state index in [4.69, 9.17) is 4.42 Å². The number of anilines is 1. The molecule has 0 saturated carbocycles. The molecule has 4 aromatic rings. The molecule has 11 nitrogen and oxygen atoms in total. The zero-order chi connectivity index (χ0) is 29.7. The van der Waals surface area contributed by atoms with Crippen molar-refractivity contribution in [2.75, 3.05) is 5.32 Å². The Labute approximate surface area is 229 Å². The van der Waals surface area contributed by atoms with Crippen molar-refractivity contribution in [3.05, 3.63) is 106 Å². The standard InChI is InChI=1S/C27H21F3N4O7/c1-15(16-4-9-20(10-5-16)41-27(28,29)30)31-19-7-2-17(3-8-19)21-12-13-40-24(21)26(37)33-32-25(36)18-6-11-23(35)22(14-18)34(38)39/h2-15,31,35H,1H3,(H,32,36)(H,33,37). The van der Waals surface area contributed by atoms with E-state index in [9.17, 15) is 38.0 Å². The molecule has 0 radical (unpaired) electrons. The molecule has 0 bridgehead atoms. The molecule has 4 rings (SSSR count).